The Balaban J connectivity index is 2.85. The Labute approximate surface area is 176 Å². The fraction of sp³-hybridized carbons (Fsp3) is 0.760. The third-order valence-electron chi connectivity index (χ3n) is 5.85. The van der Waals surface area contributed by atoms with Crippen LogP contribution in [0.3, 0.4) is 0 Å². The second-order valence-electron chi connectivity index (χ2n) is 8.39. The largest absolute Gasteiger partial charge is 0.543 e. The molecule has 0 atom stereocenters. The molecule has 2 nitrogen and oxygen atoms in total. The number of hydrogen-bond donors (Lipinski definition) is 0. The van der Waals surface area contributed by atoms with Gasteiger partial charge in [-0.15, -0.1) is 0 Å². The molecule has 0 saturated heterocycles. The highest BCUT2D eigenvalue weighted by Crippen LogP contribution is 2.33. The van der Waals surface area contributed by atoms with E-state index in [1.807, 2.05) is 12.1 Å². The Morgan fingerprint density at radius 1 is 0.571 bits per heavy atom. The van der Waals surface area contributed by atoms with E-state index < -0.39 is 8.32 Å². The summed E-state index contributed by atoms with van der Waals surface area (Å²) in [6.07, 6.45) is 16.1. The minimum absolute atomic E-state index is 0.911. The average molecular weight is 407 g/mol. The van der Waals surface area contributed by atoms with Crippen LogP contribution in [0.15, 0.2) is 24.3 Å². The van der Waals surface area contributed by atoms with Gasteiger partial charge in [-0.05, 0) is 42.4 Å². The minimum atomic E-state index is -1.75. The van der Waals surface area contributed by atoms with Gasteiger partial charge in [0.15, 0.2) is 0 Å². The van der Waals surface area contributed by atoms with Crippen LogP contribution in [-0.4, -0.2) is 15.4 Å². The smallest absolute Gasteiger partial charge is 0.251 e. The highest BCUT2D eigenvalue weighted by atomic mass is 28.4. The molecular formula is C25H46O2Si. The Kier molecular flexibility index (Phi) is 14.2. The van der Waals surface area contributed by atoms with Crippen LogP contribution < -0.4 is 9.16 Å². The molecule has 0 unspecified atom stereocenters. The number of ether oxygens (including phenoxy) is 1. The highest BCUT2D eigenvalue weighted by molar-refractivity contribution is 6.74. The average Bonchev–Trinajstić information content (AvgIpc) is 2.72. The van der Waals surface area contributed by atoms with Crippen molar-refractivity contribution in [2.75, 3.05) is 7.11 Å². The Hall–Kier alpha value is -0.963. The number of unbranched alkanes of at least 4 members (excludes halogenated alkanes) is 9. The van der Waals surface area contributed by atoms with Crippen molar-refractivity contribution in [1.29, 1.82) is 0 Å². The van der Waals surface area contributed by atoms with E-state index in [4.69, 9.17) is 9.16 Å². The van der Waals surface area contributed by atoms with E-state index in [1.54, 1.807) is 7.11 Å². The predicted octanol–water partition coefficient (Wildman–Crippen LogP) is 8.76. The third kappa shape index (κ3) is 10.5. The van der Waals surface area contributed by atoms with E-state index in [0.29, 0.717) is 0 Å². The number of rotatable bonds is 18. The lowest BCUT2D eigenvalue weighted by molar-refractivity contribution is 0.413. The Bertz CT molecular complexity index is 441. The summed E-state index contributed by atoms with van der Waals surface area (Å²) in [5.41, 5.74) is 0. The first-order valence-electron chi connectivity index (χ1n) is 12.0. The summed E-state index contributed by atoms with van der Waals surface area (Å²) < 4.78 is 12.3. The summed E-state index contributed by atoms with van der Waals surface area (Å²) in [6.45, 7) is 6.90. The van der Waals surface area contributed by atoms with Gasteiger partial charge in [-0.2, -0.15) is 0 Å². The molecule has 0 radical (unpaired) electrons. The molecule has 3 heteroatoms. The number of methoxy groups -OCH3 is 1. The van der Waals surface area contributed by atoms with Crippen molar-refractivity contribution in [2.45, 2.75) is 116 Å². The molecule has 0 bridgehead atoms. The maximum atomic E-state index is 6.93. The summed E-state index contributed by atoms with van der Waals surface area (Å²) in [5.74, 6) is 1.97. The zero-order valence-electron chi connectivity index (χ0n) is 19.2. The molecule has 0 aliphatic carbocycles. The molecule has 0 N–H and O–H groups in total. The van der Waals surface area contributed by atoms with Crippen LogP contribution in [0.4, 0.5) is 0 Å². The molecule has 0 aromatic heterocycles. The molecule has 0 fully saturated rings. The lowest BCUT2D eigenvalue weighted by Crippen LogP contribution is -2.41. The molecule has 1 aromatic rings. The Morgan fingerprint density at radius 3 is 1.32 bits per heavy atom. The van der Waals surface area contributed by atoms with Crippen molar-refractivity contribution >= 4 is 8.32 Å². The molecule has 0 heterocycles. The van der Waals surface area contributed by atoms with E-state index in [1.165, 1.54) is 95.2 Å². The summed E-state index contributed by atoms with van der Waals surface area (Å²) in [4.78, 5) is 0. The molecule has 0 aliphatic heterocycles. The molecule has 1 rings (SSSR count). The van der Waals surface area contributed by atoms with E-state index in [-0.39, 0.29) is 0 Å². The minimum Gasteiger partial charge on any atom is -0.543 e. The van der Waals surface area contributed by atoms with Crippen LogP contribution in [-0.2, 0) is 0 Å². The van der Waals surface area contributed by atoms with Gasteiger partial charge in [0.2, 0.25) is 0 Å². The molecule has 0 spiro atoms. The summed E-state index contributed by atoms with van der Waals surface area (Å²) in [7, 11) is -0.0284. The zero-order chi connectivity index (χ0) is 20.5. The fourth-order valence-electron chi connectivity index (χ4n) is 4.04. The first kappa shape index (κ1) is 25.1. The van der Waals surface area contributed by atoms with Gasteiger partial charge in [0.1, 0.15) is 11.5 Å². The summed E-state index contributed by atoms with van der Waals surface area (Å²) in [5, 5.41) is 0. The summed E-state index contributed by atoms with van der Waals surface area (Å²) >= 11 is 0. The lowest BCUT2D eigenvalue weighted by Gasteiger charge is -2.33. The first-order chi connectivity index (χ1) is 13.7. The molecule has 0 saturated carbocycles. The molecule has 28 heavy (non-hydrogen) atoms. The van der Waals surface area contributed by atoms with Gasteiger partial charge in [-0.3, -0.25) is 0 Å². The van der Waals surface area contributed by atoms with Crippen LogP contribution in [0, 0.1) is 0 Å². The highest BCUT2D eigenvalue weighted by Gasteiger charge is 2.35. The van der Waals surface area contributed by atoms with Crippen LogP contribution in [0.25, 0.3) is 0 Å². The van der Waals surface area contributed by atoms with E-state index in [2.05, 4.69) is 32.9 Å². The lowest BCUT2D eigenvalue weighted by atomic mass is 10.2. The molecule has 0 aliphatic rings. The summed E-state index contributed by atoms with van der Waals surface area (Å²) in [6, 6.07) is 12.3. The topological polar surface area (TPSA) is 18.5 Å². The Morgan fingerprint density at radius 2 is 0.964 bits per heavy atom. The van der Waals surface area contributed by atoms with Gasteiger partial charge in [0.25, 0.3) is 8.32 Å². The second-order valence-corrected chi connectivity index (χ2v) is 12.5. The van der Waals surface area contributed by atoms with Crippen molar-refractivity contribution in [3.63, 3.8) is 0 Å². The quantitative estimate of drug-likeness (QED) is 0.179. The predicted molar refractivity (Wildman–Crippen MR) is 126 cm³/mol. The van der Waals surface area contributed by atoms with Crippen molar-refractivity contribution in [1.82, 2.24) is 0 Å². The number of hydrogen-bond acceptors (Lipinski definition) is 2. The van der Waals surface area contributed by atoms with E-state index in [9.17, 15) is 0 Å². The van der Waals surface area contributed by atoms with E-state index in [0.717, 1.165) is 11.5 Å². The first-order valence-corrected chi connectivity index (χ1v) is 14.6. The van der Waals surface area contributed by atoms with Crippen molar-refractivity contribution < 1.29 is 9.16 Å². The van der Waals surface area contributed by atoms with Gasteiger partial charge < -0.3 is 9.16 Å². The molecular weight excluding hydrogens is 360 g/mol. The van der Waals surface area contributed by atoms with Gasteiger partial charge in [-0.25, -0.2) is 0 Å². The van der Waals surface area contributed by atoms with Crippen LogP contribution in [0.1, 0.15) is 97.8 Å². The zero-order valence-corrected chi connectivity index (χ0v) is 20.2. The molecule has 1 aromatic carbocycles. The fourth-order valence-corrected chi connectivity index (χ4v) is 8.42. The van der Waals surface area contributed by atoms with Crippen molar-refractivity contribution in [3.05, 3.63) is 24.3 Å². The van der Waals surface area contributed by atoms with Crippen molar-refractivity contribution in [3.8, 4) is 11.5 Å². The van der Waals surface area contributed by atoms with Gasteiger partial charge in [0, 0.05) is 0 Å². The SMILES string of the molecule is CCCCCC[Si](CCCCCC)(CCCCCC)Oc1ccc(OC)cc1. The van der Waals surface area contributed by atoms with Crippen LogP contribution >= 0.6 is 0 Å². The molecule has 162 valence electrons. The number of benzene rings is 1. The van der Waals surface area contributed by atoms with Crippen molar-refractivity contribution in [2.24, 2.45) is 0 Å². The van der Waals surface area contributed by atoms with Gasteiger partial charge in [0.05, 0.1) is 7.11 Å². The maximum Gasteiger partial charge on any atom is 0.251 e. The molecule has 0 amide bonds. The van der Waals surface area contributed by atoms with Gasteiger partial charge in [-0.1, -0.05) is 97.8 Å². The monoisotopic (exact) mass is 406 g/mol. The van der Waals surface area contributed by atoms with Crippen LogP contribution in [0.2, 0.25) is 18.1 Å². The standard InChI is InChI=1S/C25H46O2Si/c1-5-8-11-14-21-28(22-15-12-9-6-2,23-16-13-10-7-3)27-25-19-17-24(26-4)18-20-25/h17-20H,5-16,21-23H2,1-4H3. The van der Waals surface area contributed by atoms with Crippen LogP contribution in [0.5, 0.6) is 11.5 Å². The van der Waals surface area contributed by atoms with E-state index >= 15 is 0 Å². The van der Waals surface area contributed by atoms with Gasteiger partial charge >= 0.3 is 0 Å². The normalized spacial score (nSPS) is 11.6. The maximum absolute atomic E-state index is 6.93. The third-order valence-corrected chi connectivity index (χ3v) is 10.3. The second kappa shape index (κ2) is 15.9.